The Labute approximate surface area is 123 Å². The molecule has 0 atom stereocenters. The van der Waals surface area contributed by atoms with Crippen LogP contribution in [-0.4, -0.2) is 41.6 Å². The van der Waals surface area contributed by atoms with E-state index in [1.54, 1.807) is 4.90 Å². The molecular formula is C16H19NO4. The van der Waals surface area contributed by atoms with Crippen LogP contribution in [-0.2, 0) is 22.4 Å². The second kappa shape index (κ2) is 5.76. The minimum atomic E-state index is -0.804. The summed E-state index contributed by atoms with van der Waals surface area (Å²) in [5.74, 6) is -0.0447. The molecule has 1 fully saturated rings. The summed E-state index contributed by atoms with van der Waals surface area (Å²) in [6.45, 7) is 1.08. The molecule has 1 aromatic rings. The smallest absolute Gasteiger partial charge is 0.303 e. The van der Waals surface area contributed by atoms with Gasteiger partial charge in [-0.2, -0.15) is 0 Å². The van der Waals surface area contributed by atoms with E-state index < -0.39 is 5.97 Å². The molecule has 2 aliphatic rings. The number of carboxylic acid groups (broad SMARTS) is 1. The van der Waals surface area contributed by atoms with Crippen molar-refractivity contribution in [2.75, 3.05) is 19.7 Å². The summed E-state index contributed by atoms with van der Waals surface area (Å²) in [4.78, 5) is 24.1. The van der Waals surface area contributed by atoms with Crippen molar-refractivity contribution >= 4 is 11.9 Å². The monoisotopic (exact) mass is 289 g/mol. The van der Waals surface area contributed by atoms with Gasteiger partial charge in [0, 0.05) is 19.0 Å². The minimum Gasteiger partial charge on any atom is -0.484 e. The summed E-state index contributed by atoms with van der Waals surface area (Å²) >= 11 is 0. The van der Waals surface area contributed by atoms with Crippen LogP contribution in [0.15, 0.2) is 18.2 Å². The Kier molecular flexibility index (Phi) is 3.82. The average molecular weight is 289 g/mol. The molecular weight excluding hydrogens is 270 g/mol. The summed E-state index contributed by atoms with van der Waals surface area (Å²) in [5, 5.41) is 8.67. The van der Waals surface area contributed by atoms with E-state index in [4.69, 9.17) is 9.84 Å². The van der Waals surface area contributed by atoms with Crippen LogP contribution in [0.4, 0.5) is 0 Å². The number of carbonyl (C=O) groups excluding carboxylic acids is 1. The number of hydrogen-bond donors (Lipinski definition) is 1. The topological polar surface area (TPSA) is 66.8 Å². The van der Waals surface area contributed by atoms with Crippen LogP contribution in [0.25, 0.3) is 0 Å². The summed E-state index contributed by atoms with van der Waals surface area (Å²) < 4.78 is 5.56. The van der Waals surface area contributed by atoms with Crippen molar-refractivity contribution < 1.29 is 19.4 Å². The number of likely N-dealkylation sites (tertiary alicyclic amines) is 1. The Morgan fingerprint density at radius 3 is 2.76 bits per heavy atom. The van der Waals surface area contributed by atoms with Gasteiger partial charge in [0.1, 0.15) is 5.75 Å². The van der Waals surface area contributed by atoms with E-state index in [1.807, 2.05) is 12.1 Å². The zero-order chi connectivity index (χ0) is 14.8. The van der Waals surface area contributed by atoms with Crippen LogP contribution in [0, 0.1) is 5.92 Å². The van der Waals surface area contributed by atoms with Gasteiger partial charge < -0.3 is 14.7 Å². The van der Waals surface area contributed by atoms with Gasteiger partial charge in [-0.05, 0) is 42.5 Å². The largest absolute Gasteiger partial charge is 0.484 e. The van der Waals surface area contributed by atoms with Crippen molar-refractivity contribution in [2.24, 2.45) is 5.92 Å². The maximum atomic E-state index is 11.9. The van der Waals surface area contributed by atoms with Gasteiger partial charge in [0.05, 0.1) is 6.42 Å². The first-order valence-corrected chi connectivity index (χ1v) is 7.36. The normalized spacial score (nSPS) is 17.2. The lowest BCUT2D eigenvalue weighted by Crippen LogP contribution is -2.52. The first-order valence-electron chi connectivity index (χ1n) is 7.36. The fourth-order valence-electron chi connectivity index (χ4n) is 3.02. The lowest BCUT2D eigenvalue weighted by molar-refractivity contribution is -0.146. The fraction of sp³-hybridized carbons (Fsp3) is 0.500. The molecule has 0 radical (unpaired) electrons. The van der Waals surface area contributed by atoms with E-state index in [0.717, 1.165) is 18.6 Å². The quantitative estimate of drug-likeness (QED) is 0.891. The van der Waals surface area contributed by atoms with Gasteiger partial charge in [0.2, 0.25) is 0 Å². The van der Waals surface area contributed by atoms with Crippen LogP contribution in [0.1, 0.15) is 24.0 Å². The van der Waals surface area contributed by atoms with Gasteiger partial charge in [-0.3, -0.25) is 9.59 Å². The number of fused-ring (bicyclic) bond motifs is 1. The van der Waals surface area contributed by atoms with Gasteiger partial charge in [0.25, 0.3) is 5.91 Å². The third-order valence-electron chi connectivity index (χ3n) is 4.21. The number of aliphatic carboxylic acids is 1. The SMILES string of the molecule is O=C(O)CC1CN(C(=O)COc2ccc3c(c2)CCC3)C1. The molecule has 1 aromatic carbocycles. The maximum Gasteiger partial charge on any atom is 0.303 e. The Morgan fingerprint density at radius 2 is 2.00 bits per heavy atom. The van der Waals surface area contributed by atoms with E-state index in [2.05, 4.69) is 6.07 Å². The van der Waals surface area contributed by atoms with E-state index >= 15 is 0 Å². The minimum absolute atomic E-state index is 0.0264. The van der Waals surface area contributed by atoms with Crippen molar-refractivity contribution in [1.82, 2.24) is 4.90 Å². The molecule has 0 spiro atoms. The van der Waals surface area contributed by atoms with Crippen LogP contribution < -0.4 is 4.74 Å². The number of nitrogens with zero attached hydrogens (tertiary/aromatic N) is 1. The molecule has 0 saturated carbocycles. The Balaban J connectivity index is 1.45. The zero-order valence-electron chi connectivity index (χ0n) is 11.9. The van der Waals surface area contributed by atoms with Crippen molar-refractivity contribution in [3.63, 3.8) is 0 Å². The highest BCUT2D eigenvalue weighted by Gasteiger charge is 2.32. The summed E-state index contributed by atoms with van der Waals surface area (Å²) in [6.07, 6.45) is 3.54. The van der Waals surface area contributed by atoms with Gasteiger partial charge in [0.15, 0.2) is 6.61 Å². The van der Waals surface area contributed by atoms with E-state index in [1.165, 1.54) is 17.5 Å². The standard InChI is InChI=1S/C16H19NO4/c18-15(17-8-11(9-17)6-16(19)20)10-21-14-5-4-12-2-1-3-13(12)7-14/h4-5,7,11H,1-3,6,8-10H2,(H,19,20). The van der Waals surface area contributed by atoms with Crippen molar-refractivity contribution in [1.29, 1.82) is 0 Å². The molecule has 5 heteroatoms. The van der Waals surface area contributed by atoms with Crippen molar-refractivity contribution in [3.05, 3.63) is 29.3 Å². The lowest BCUT2D eigenvalue weighted by atomic mass is 9.96. The summed E-state index contributed by atoms with van der Waals surface area (Å²) in [7, 11) is 0. The highest BCUT2D eigenvalue weighted by molar-refractivity contribution is 5.79. The van der Waals surface area contributed by atoms with Crippen LogP contribution in [0.3, 0.4) is 0 Å². The van der Waals surface area contributed by atoms with E-state index in [0.29, 0.717) is 13.1 Å². The number of aryl methyl sites for hydroxylation is 2. The molecule has 3 rings (SSSR count). The predicted molar refractivity (Wildman–Crippen MR) is 76.3 cm³/mol. The predicted octanol–water partition coefficient (Wildman–Crippen LogP) is 1.49. The molecule has 5 nitrogen and oxygen atoms in total. The second-order valence-electron chi connectivity index (χ2n) is 5.84. The number of amides is 1. The number of ether oxygens (including phenoxy) is 1. The number of benzene rings is 1. The van der Waals surface area contributed by atoms with Crippen LogP contribution in [0.5, 0.6) is 5.75 Å². The molecule has 1 amide bonds. The van der Waals surface area contributed by atoms with Gasteiger partial charge >= 0.3 is 5.97 Å². The third-order valence-corrected chi connectivity index (χ3v) is 4.21. The van der Waals surface area contributed by atoms with E-state index in [-0.39, 0.29) is 24.9 Å². The first-order chi connectivity index (χ1) is 10.1. The molecule has 1 saturated heterocycles. The van der Waals surface area contributed by atoms with Gasteiger partial charge in [-0.15, -0.1) is 0 Å². The number of carbonyl (C=O) groups is 2. The zero-order valence-corrected chi connectivity index (χ0v) is 11.9. The molecule has 1 aliphatic carbocycles. The molecule has 21 heavy (non-hydrogen) atoms. The molecule has 0 aromatic heterocycles. The van der Waals surface area contributed by atoms with Crippen molar-refractivity contribution in [2.45, 2.75) is 25.7 Å². The fourth-order valence-corrected chi connectivity index (χ4v) is 3.02. The highest BCUT2D eigenvalue weighted by atomic mass is 16.5. The maximum absolute atomic E-state index is 11.9. The van der Waals surface area contributed by atoms with Crippen LogP contribution >= 0.6 is 0 Å². The summed E-state index contributed by atoms with van der Waals surface area (Å²) in [6, 6.07) is 6.02. The Morgan fingerprint density at radius 1 is 1.24 bits per heavy atom. The first kappa shape index (κ1) is 13.9. The average Bonchev–Trinajstić information content (AvgIpc) is 2.86. The number of hydrogen-bond acceptors (Lipinski definition) is 3. The Hall–Kier alpha value is -2.04. The van der Waals surface area contributed by atoms with Gasteiger partial charge in [-0.25, -0.2) is 0 Å². The number of rotatable bonds is 5. The third kappa shape index (κ3) is 3.17. The van der Waals surface area contributed by atoms with Gasteiger partial charge in [-0.1, -0.05) is 6.07 Å². The summed E-state index contributed by atoms with van der Waals surface area (Å²) in [5.41, 5.74) is 2.71. The van der Waals surface area contributed by atoms with Crippen LogP contribution in [0.2, 0.25) is 0 Å². The van der Waals surface area contributed by atoms with E-state index in [9.17, 15) is 9.59 Å². The molecule has 0 unspecified atom stereocenters. The molecule has 1 aliphatic heterocycles. The lowest BCUT2D eigenvalue weighted by Gasteiger charge is -2.38. The number of carboxylic acids is 1. The molecule has 1 N–H and O–H groups in total. The van der Waals surface area contributed by atoms with Crippen molar-refractivity contribution in [3.8, 4) is 5.75 Å². The highest BCUT2D eigenvalue weighted by Crippen LogP contribution is 2.26. The molecule has 112 valence electrons. The Bertz CT molecular complexity index is 563. The molecule has 1 heterocycles. The second-order valence-corrected chi connectivity index (χ2v) is 5.84. The molecule has 0 bridgehead atoms.